The van der Waals surface area contributed by atoms with Crippen molar-refractivity contribution < 1.29 is 13.2 Å². The normalized spacial score (nSPS) is 10.7. The van der Waals surface area contributed by atoms with Gasteiger partial charge in [-0.25, -0.2) is 0 Å². The van der Waals surface area contributed by atoms with Crippen molar-refractivity contribution in [3.8, 4) is 11.8 Å². The van der Waals surface area contributed by atoms with Crippen molar-refractivity contribution >= 4 is 15.9 Å². The van der Waals surface area contributed by atoms with Crippen LogP contribution in [0.4, 0.5) is 13.2 Å². The van der Waals surface area contributed by atoms with Crippen molar-refractivity contribution in [1.82, 2.24) is 0 Å². The monoisotopic (exact) mass is 324 g/mol. The molecule has 96 valence electrons. The van der Waals surface area contributed by atoms with Crippen LogP contribution in [0, 0.1) is 11.8 Å². The molecule has 0 saturated carbocycles. The lowest BCUT2D eigenvalue weighted by Gasteiger charge is -2.05. The second kappa shape index (κ2) is 5.50. The average Bonchev–Trinajstić information content (AvgIpc) is 2.37. The highest BCUT2D eigenvalue weighted by molar-refractivity contribution is 9.10. The van der Waals surface area contributed by atoms with Crippen LogP contribution in [-0.2, 0) is 6.18 Å². The minimum absolute atomic E-state index is 0.345. The van der Waals surface area contributed by atoms with E-state index in [0.717, 1.165) is 22.2 Å². The number of hydrogen-bond donors (Lipinski definition) is 0. The average molecular weight is 325 g/mol. The van der Waals surface area contributed by atoms with E-state index in [0.29, 0.717) is 5.56 Å². The second-order valence-corrected chi connectivity index (χ2v) is 4.75. The van der Waals surface area contributed by atoms with Crippen LogP contribution in [0.2, 0.25) is 0 Å². The second-order valence-electron chi connectivity index (χ2n) is 3.84. The zero-order chi connectivity index (χ0) is 13.9. The molecular formula is C15H8BrF3. The summed E-state index contributed by atoms with van der Waals surface area (Å²) in [5.41, 5.74) is 0.411. The van der Waals surface area contributed by atoms with Gasteiger partial charge in [0.15, 0.2) is 0 Å². The number of halogens is 4. The number of benzene rings is 2. The first-order valence-electron chi connectivity index (χ1n) is 5.40. The molecule has 0 aliphatic carbocycles. The van der Waals surface area contributed by atoms with E-state index in [4.69, 9.17) is 0 Å². The summed E-state index contributed by atoms with van der Waals surface area (Å²) >= 11 is 3.30. The summed E-state index contributed by atoms with van der Waals surface area (Å²) in [6.07, 6.45) is -4.34. The van der Waals surface area contributed by atoms with Crippen LogP contribution in [0.3, 0.4) is 0 Å². The standard InChI is InChI=1S/C15H8BrF3/c16-14-8-6-11(7-9-14)4-5-12-2-1-3-13(10-12)15(17,18)19/h1-3,6-10H. The third kappa shape index (κ3) is 3.87. The fourth-order valence-corrected chi connectivity index (χ4v) is 1.72. The molecule has 2 aromatic carbocycles. The maximum Gasteiger partial charge on any atom is 0.416 e. The van der Waals surface area contributed by atoms with E-state index in [2.05, 4.69) is 27.8 Å². The fourth-order valence-electron chi connectivity index (χ4n) is 1.45. The third-order valence-corrected chi connectivity index (χ3v) is 2.91. The molecule has 19 heavy (non-hydrogen) atoms. The molecule has 0 aliphatic rings. The molecule has 0 aliphatic heterocycles. The number of alkyl halides is 3. The molecule has 0 radical (unpaired) electrons. The van der Waals surface area contributed by atoms with E-state index in [1.807, 2.05) is 12.1 Å². The zero-order valence-corrected chi connectivity index (χ0v) is 11.2. The topological polar surface area (TPSA) is 0 Å². The Morgan fingerprint density at radius 3 is 2.11 bits per heavy atom. The minimum atomic E-state index is -4.34. The summed E-state index contributed by atoms with van der Waals surface area (Å²) in [5, 5.41) is 0. The Balaban J connectivity index is 2.27. The summed E-state index contributed by atoms with van der Waals surface area (Å²) < 4.78 is 38.5. The van der Waals surface area contributed by atoms with E-state index in [1.165, 1.54) is 6.07 Å². The lowest BCUT2D eigenvalue weighted by molar-refractivity contribution is -0.137. The molecule has 0 aromatic heterocycles. The molecule has 0 N–H and O–H groups in total. The lowest BCUT2D eigenvalue weighted by atomic mass is 10.1. The van der Waals surface area contributed by atoms with Gasteiger partial charge in [0, 0.05) is 15.6 Å². The van der Waals surface area contributed by atoms with Crippen LogP contribution in [0.5, 0.6) is 0 Å². The Labute approximate surface area is 117 Å². The van der Waals surface area contributed by atoms with Crippen molar-refractivity contribution in [3.63, 3.8) is 0 Å². The van der Waals surface area contributed by atoms with Gasteiger partial charge in [-0.3, -0.25) is 0 Å². The minimum Gasteiger partial charge on any atom is -0.166 e. The lowest BCUT2D eigenvalue weighted by Crippen LogP contribution is -2.04. The highest BCUT2D eigenvalue weighted by atomic mass is 79.9. The predicted octanol–water partition coefficient (Wildman–Crippen LogP) is 4.87. The van der Waals surface area contributed by atoms with Gasteiger partial charge in [0.1, 0.15) is 0 Å². The van der Waals surface area contributed by atoms with Gasteiger partial charge in [0.05, 0.1) is 5.56 Å². The van der Waals surface area contributed by atoms with Gasteiger partial charge >= 0.3 is 6.18 Å². The molecule has 0 amide bonds. The van der Waals surface area contributed by atoms with Crippen molar-refractivity contribution in [2.24, 2.45) is 0 Å². The fraction of sp³-hybridized carbons (Fsp3) is 0.0667. The summed E-state index contributed by atoms with van der Waals surface area (Å²) in [7, 11) is 0. The molecule has 0 unspecified atom stereocenters. The molecule has 0 nitrogen and oxygen atoms in total. The molecule has 0 atom stereocenters. The maximum absolute atomic E-state index is 12.5. The van der Waals surface area contributed by atoms with Crippen molar-refractivity contribution in [2.75, 3.05) is 0 Å². The van der Waals surface area contributed by atoms with Crippen molar-refractivity contribution in [3.05, 3.63) is 69.7 Å². The Kier molecular flexibility index (Phi) is 3.96. The predicted molar refractivity (Wildman–Crippen MR) is 71.6 cm³/mol. The van der Waals surface area contributed by atoms with Gasteiger partial charge in [-0.15, -0.1) is 0 Å². The van der Waals surface area contributed by atoms with Gasteiger partial charge in [-0.1, -0.05) is 33.8 Å². The molecule has 2 rings (SSSR count). The summed E-state index contributed by atoms with van der Waals surface area (Å²) in [5.74, 6) is 5.56. The van der Waals surface area contributed by atoms with Crippen molar-refractivity contribution in [2.45, 2.75) is 6.18 Å². The quantitative estimate of drug-likeness (QED) is 0.606. The van der Waals surface area contributed by atoms with Gasteiger partial charge in [-0.2, -0.15) is 13.2 Å². The molecule has 0 spiro atoms. The Morgan fingerprint density at radius 2 is 1.47 bits per heavy atom. The Hall–Kier alpha value is -1.73. The molecule has 0 heterocycles. The Bertz CT molecular complexity index is 631. The molecule has 4 heteroatoms. The molecule has 2 aromatic rings. The highest BCUT2D eigenvalue weighted by Gasteiger charge is 2.30. The van der Waals surface area contributed by atoms with E-state index >= 15 is 0 Å². The molecule has 0 fully saturated rings. The van der Waals surface area contributed by atoms with Crippen LogP contribution in [0.15, 0.2) is 53.0 Å². The van der Waals surface area contributed by atoms with Crippen LogP contribution in [-0.4, -0.2) is 0 Å². The van der Waals surface area contributed by atoms with Gasteiger partial charge in [0.2, 0.25) is 0 Å². The summed E-state index contributed by atoms with van der Waals surface area (Å²) in [6, 6.07) is 12.2. The Morgan fingerprint density at radius 1 is 0.842 bits per heavy atom. The van der Waals surface area contributed by atoms with Crippen LogP contribution < -0.4 is 0 Å². The summed E-state index contributed by atoms with van der Waals surface area (Å²) in [6.45, 7) is 0. The van der Waals surface area contributed by atoms with E-state index in [-0.39, 0.29) is 0 Å². The number of hydrogen-bond acceptors (Lipinski definition) is 0. The first kappa shape index (κ1) is 13.7. The molecular weight excluding hydrogens is 317 g/mol. The molecule has 0 saturated heterocycles. The number of rotatable bonds is 0. The largest absolute Gasteiger partial charge is 0.416 e. The SMILES string of the molecule is FC(F)(F)c1cccc(C#Cc2ccc(Br)cc2)c1. The smallest absolute Gasteiger partial charge is 0.166 e. The van der Waals surface area contributed by atoms with Gasteiger partial charge < -0.3 is 0 Å². The third-order valence-electron chi connectivity index (χ3n) is 2.39. The first-order chi connectivity index (χ1) is 8.95. The zero-order valence-electron chi connectivity index (χ0n) is 9.63. The van der Waals surface area contributed by atoms with Crippen LogP contribution >= 0.6 is 15.9 Å². The van der Waals surface area contributed by atoms with Gasteiger partial charge in [-0.05, 0) is 42.5 Å². The maximum atomic E-state index is 12.5. The van der Waals surface area contributed by atoms with Crippen LogP contribution in [0.25, 0.3) is 0 Å². The van der Waals surface area contributed by atoms with Crippen molar-refractivity contribution in [1.29, 1.82) is 0 Å². The van der Waals surface area contributed by atoms with E-state index < -0.39 is 11.7 Å². The van der Waals surface area contributed by atoms with E-state index in [9.17, 15) is 13.2 Å². The van der Waals surface area contributed by atoms with Gasteiger partial charge in [0.25, 0.3) is 0 Å². The summed E-state index contributed by atoms with van der Waals surface area (Å²) in [4.78, 5) is 0. The first-order valence-corrected chi connectivity index (χ1v) is 6.19. The van der Waals surface area contributed by atoms with Crippen LogP contribution in [0.1, 0.15) is 16.7 Å². The molecule has 0 bridgehead atoms. The highest BCUT2D eigenvalue weighted by Crippen LogP contribution is 2.29. The van der Waals surface area contributed by atoms with E-state index in [1.54, 1.807) is 18.2 Å².